The molecule has 3 heterocycles. The minimum absolute atomic E-state index is 0.0759. The Morgan fingerprint density at radius 3 is 1.40 bits per heavy atom. The summed E-state index contributed by atoms with van der Waals surface area (Å²) in [6.07, 6.45) is 2.19. The van der Waals surface area contributed by atoms with Crippen LogP contribution in [0.5, 0.6) is 0 Å². The van der Waals surface area contributed by atoms with Crippen molar-refractivity contribution in [2.75, 3.05) is 19.8 Å². The fourth-order valence-electron chi connectivity index (χ4n) is 13.5. The Labute approximate surface area is 607 Å². The van der Waals surface area contributed by atoms with Crippen LogP contribution in [-0.4, -0.2) is 105 Å². The van der Waals surface area contributed by atoms with E-state index in [0.717, 1.165) is 64.6 Å². The van der Waals surface area contributed by atoms with Gasteiger partial charge in [0.1, 0.15) is 55.4 Å². The number of ether oxygens (including phenoxy) is 13. The zero-order valence-corrected chi connectivity index (χ0v) is 59.3. The van der Waals surface area contributed by atoms with Gasteiger partial charge in [0, 0.05) is 10.5 Å². The third-order valence-electron chi connectivity index (χ3n) is 19.1. The summed E-state index contributed by atoms with van der Waals surface area (Å²) in [6, 6.07) is 77.0. The molecule has 0 spiro atoms. The Morgan fingerprint density at radius 2 is 0.893 bits per heavy atom. The summed E-state index contributed by atoms with van der Waals surface area (Å²) in [5.74, 6) is -0.561. The smallest absolute Gasteiger partial charge is 0.338 e. The first-order valence-electron chi connectivity index (χ1n) is 37.1. The van der Waals surface area contributed by atoms with Crippen LogP contribution in [-0.2, 0) is 101 Å². The third kappa shape index (κ3) is 24.1. The van der Waals surface area contributed by atoms with Crippen molar-refractivity contribution in [1.82, 2.24) is 0 Å². The molecular weight excluding hydrogens is 1300 g/mol. The normalized spacial score (nSPS) is 22.6. The van der Waals surface area contributed by atoms with Gasteiger partial charge in [-0.1, -0.05) is 320 Å². The molecule has 0 aliphatic carbocycles. The van der Waals surface area contributed by atoms with Gasteiger partial charge in [0.25, 0.3) is 0 Å². The Bertz CT molecular complexity index is 3650. The molecule has 3 aliphatic rings. The fraction of sp³-hybridized carbons (Fsp3) is 0.430. The molecule has 544 valence electrons. The van der Waals surface area contributed by atoms with Crippen molar-refractivity contribution in [2.45, 2.75) is 216 Å². The standard InChI is InChI=1S/C86H101N3O14/c1-2-3-4-5-6-7-8-9-10-11-12-37-54-73(91-55-64-38-21-13-22-39-64)76(92-56-65-40-23-14-24-41-65)72(88-89-87)61-98-85-82(80(95-59-68-46-29-17-30-47-68)78-75(100-85)63-99-84(102-78)71-52-35-20-36-53-71)103-86-81(96-60-69-48-31-18-32-49-69)79(94-58-67-44-27-16-28-45-67)77(93-57-66-42-25-15-26-43-66)74(101-86)62-97-83(90)70-50-33-19-34-51-70/h13-36,38-53,72-82,84-86H,2-12,37,54-63H2,1H3/t72-,73+,74+,75+,76-,77-,78-,79-,80-,81+,82+,84?,85-,86-/m0/s1. The van der Waals surface area contributed by atoms with E-state index in [2.05, 4.69) is 16.9 Å². The Kier molecular flexibility index (Phi) is 31.6. The summed E-state index contributed by atoms with van der Waals surface area (Å²) in [4.78, 5) is 17.6. The van der Waals surface area contributed by atoms with E-state index >= 15 is 0 Å². The lowest BCUT2D eigenvalue weighted by molar-refractivity contribution is -0.402. The van der Waals surface area contributed by atoms with Crippen molar-refractivity contribution in [2.24, 2.45) is 5.11 Å². The lowest BCUT2D eigenvalue weighted by Gasteiger charge is -2.51. The topological polar surface area (TPSA) is 186 Å². The summed E-state index contributed by atoms with van der Waals surface area (Å²) in [6.45, 7) is 2.81. The lowest BCUT2D eigenvalue weighted by Crippen LogP contribution is -2.67. The molecule has 103 heavy (non-hydrogen) atoms. The molecule has 0 amide bonds. The second-order valence-corrected chi connectivity index (χ2v) is 26.8. The van der Waals surface area contributed by atoms with E-state index in [4.69, 9.17) is 61.6 Å². The molecule has 0 aromatic heterocycles. The van der Waals surface area contributed by atoms with Gasteiger partial charge in [-0.05, 0) is 57.5 Å². The minimum Gasteiger partial charge on any atom is -0.459 e. The fourth-order valence-corrected chi connectivity index (χ4v) is 13.5. The lowest BCUT2D eigenvalue weighted by atomic mass is 9.95. The van der Waals surface area contributed by atoms with Crippen molar-refractivity contribution >= 4 is 5.97 Å². The maximum atomic E-state index is 14.1. The highest BCUT2D eigenvalue weighted by Gasteiger charge is 2.56. The largest absolute Gasteiger partial charge is 0.459 e. The second-order valence-electron chi connectivity index (χ2n) is 26.8. The third-order valence-corrected chi connectivity index (χ3v) is 19.1. The number of benzene rings is 8. The maximum absolute atomic E-state index is 14.1. The molecule has 17 nitrogen and oxygen atoms in total. The van der Waals surface area contributed by atoms with E-state index in [9.17, 15) is 10.3 Å². The highest BCUT2D eigenvalue weighted by Crippen LogP contribution is 2.41. The van der Waals surface area contributed by atoms with E-state index < -0.39 is 91.9 Å². The molecule has 3 aliphatic heterocycles. The van der Waals surface area contributed by atoms with Gasteiger partial charge in [0.2, 0.25) is 0 Å². The zero-order valence-electron chi connectivity index (χ0n) is 59.3. The van der Waals surface area contributed by atoms with E-state index in [1.807, 2.05) is 218 Å². The molecule has 0 bridgehead atoms. The Balaban J connectivity index is 0.967. The molecule has 8 aromatic rings. The van der Waals surface area contributed by atoms with Crippen LogP contribution in [0, 0.1) is 0 Å². The van der Waals surface area contributed by atoms with Crippen LogP contribution in [0.25, 0.3) is 10.4 Å². The average Bonchev–Trinajstić information content (AvgIpc) is 0.761. The highest BCUT2D eigenvalue weighted by molar-refractivity contribution is 5.89. The Morgan fingerprint density at radius 1 is 0.456 bits per heavy atom. The van der Waals surface area contributed by atoms with Crippen molar-refractivity contribution < 1.29 is 66.4 Å². The number of nitrogens with zero attached hydrogens (tertiary/aromatic N) is 3. The predicted octanol–water partition coefficient (Wildman–Crippen LogP) is 18.1. The number of rotatable bonds is 43. The molecule has 0 radical (unpaired) electrons. The predicted molar refractivity (Wildman–Crippen MR) is 394 cm³/mol. The summed E-state index contributed by atoms with van der Waals surface area (Å²) < 4.78 is 92.2. The van der Waals surface area contributed by atoms with Gasteiger partial charge in [-0.15, -0.1) is 0 Å². The van der Waals surface area contributed by atoms with Crippen LogP contribution in [0.4, 0.5) is 0 Å². The van der Waals surface area contributed by atoms with Crippen LogP contribution in [0.15, 0.2) is 248 Å². The number of carbonyl (C=O) groups is 1. The molecule has 17 heteroatoms. The van der Waals surface area contributed by atoms with Gasteiger partial charge in [-0.3, -0.25) is 0 Å². The number of fused-ring (bicyclic) bond motifs is 1. The summed E-state index contributed by atoms with van der Waals surface area (Å²) in [5.41, 5.74) is 17.4. The first-order chi connectivity index (χ1) is 51.0. The Hall–Kier alpha value is -7.94. The SMILES string of the molecule is CCCCCCCCCCCCCC[C@@H](OCc1ccccc1)[C@@H](OCc1ccccc1)[C@H](CO[C@H]1O[C@@H]2COC(c3ccccc3)O[C@@H]2[C@H](OCc2ccccc2)[C@H]1O[C@@H]1O[C@H](COC(=O)c2ccccc2)[C@H](OCc2ccccc2)[C@H](OCc2ccccc2)[C@H]1OCc1ccccc1)N=[N+]=[N-]. The maximum Gasteiger partial charge on any atom is 0.338 e. The molecular formula is C86H101N3O14. The van der Waals surface area contributed by atoms with Gasteiger partial charge in [-0.25, -0.2) is 4.79 Å². The second kappa shape index (κ2) is 42.7. The minimum atomic E-state index is -1.37. The monoisotopic (exact) mass is 1400 g/mol. The highest BCUT2D eigenvalue weighted by atomic mass is 16.8. The van der Waals surface area contributed by atoms with E-state index in [1.54, 1.807) is 24.3 Å². The van der Waals surface area contributed by atoms with Gasteiger partial charge in [0.15, 0.2) is 18.9 Å². The van der Waals surface area contributed by atoms with Crippen LogP contribution >= 0.6 is 0 Å². The van der Waals surface area contributed by atoms with Crippen LogP contribution < -0.4 is 0 Å². The van der Waals surface area contributed by atoms with Crippen molar-refractivity contribution in [3.8, 4) is 0 Å². The van der Waals surface area contributed by atoms with E-state index in [-0.39, 0.29) is 52.9 Å². The van der Waals surface area contributed by atoms with E-state index in [1.165, 1.54) is 51.4 Å². The number of azide groups is 1. The summed E-state index contributed by atoms with van der Waals surface area (Å²) in [7, 11) is 0. The number of esters is 1. The first kappa shape index (κ1) is 76.2. The van der Waals surface area contributed by atoms with Crippen LogP contribution in [0.3, 0.4) is 0 Å². The van der Waals surface area contributed by atoms with Gasteiger partial charge < -0.3 is 61.6 Å². The molecule has 0 saturated carbocycles. The summed E-state index contributed by atoms with van der Waals surface area (Å²) >= 11 is 0. The first-order valence-corrected chi connectivity index (χ1v) is 37.1. The van der Waals surface area contributed by atoms with Crippen LogP contribution in [0.1, 0.15) is 146 Å². The van der Waals surface area contributed by atoms with E-state index in [0.29, 0.717) is 18.6 Å². The number of unbranched alkanes of at least 4 members (excludes halogenated alkanes) is 11. The van der Waals surface area contributed by atoms with Crippen molar-refractivity contribution in [3.63, 3.8) is 0 Å². The molecule has 3 fully saturated rings. The quantitative estimate of drug-likeness (QED) is 0.0115. The molecule has 1 unspecified atom stereocenters. The molecule has 14 atom stereocenters. The van der Waals surface area contributed by atoms with Gasteiger partial charge >= 0.3 is 5.97 Å². The van der Waals surface area contributed by atoms with Gasteiger partial charge in [-0.2, -0.15) is 0 Å². The number of carbonyl (C=O) groups excluding carboxylic acids is 1. The summed E-state index contributed by atoms with van der Waals surface area (Å²) in [5, 5.41) is 4.56. The van der Waals surface area contributed by atoms with Gasteiger partial charge in [0.05, 0.1) is 76.7 Å². The molecule has 3 saturated heterocycles. The van der Waals surface area contributed by atoms with Crippen molar-refractivity contribution in [3.05, 3.63) is 298 Å². The number of hydrogen-bond donors (Lipinski definition) is 0. The van der Waals surface area contributed by atoms with Crippen LogP contribution in [0.2, 0.25) is 0 Å². The molecule has 8 aromatic carbocycles. The molecule has 0 N–H and O–H groups in total. The number of hydrogen-bond acceptors (Lipinski definition) is 15. The molecule has 11 rings (SSSR count). The average molecular weight is 1400 g/mol. The van der Waals surface area contributed by atoms with Crippen molar-refractivity contribution in [1.29, 1.82) is 0 Å². The zero-order chi connectivity index (χ0) is 70.7.